The summed E-state index contributed by atoms with van der Waals surface area (Å²) in [5, 5.41) is 5.46. The van der Waals surface area contributed by atoms with E-state index in [1.165, 1.54) is 29.7 Å². The summed E-state index contributed by atoms with van der Waals surface area (Å²) in [6.07, 6.45) is 2.52. The highest BCUT2D eigenvalue weighted by Gasteiger charge is 2.15. The normalized spacial score (nSPS) is 14.1. The lowest BCUT2D eigenvalue weighted by Gasteiger charge is -2.15. The van der Waals surface area contributed by atoms with Crippen LogP contribution in [0.25, 0.3) is 11.3 Å². The molecule has 150 valence electrons. The van der Waals surface area contributed by atoms with E-state index in [-0.39, 0.29) is 5.91 Å². The van der Waals surface area contributed by atoms with Gasteiger partial charge in [-0.1, -0.05) is 23.8 Å². The van der Waals surface area contributed by atoms with Gasteiger partial charge in [0.2, 0.25) is 0 Å². The number of nitrogens with one attached hydrogen (secondary N) is 1. The summed E-state index contributed by atoms with van der Waals surface area (Å²) in [4.78, 5) is 19.8. The number of methoxy groups -OCH3 is 1. The number of likely N-dealkylation sites (tertiary alicyclic amines) is 1. The van der Waals surface area contributed by atoms with Crippen molar-refractivity contribution in [3.8, 4) is 17.0 Å². The van der Waals surface area contributed by atoms with E-state index in [0.717, 1.165) is 42.2 Å². The van der Waals surface area contributed by atoms with Crippen molar-refractivity contribution in [1.29, 1.82) is 0 Å². The van der Waals surface area contributed by atoms with E-state index in [4.69, 9.17) is 4.74 Å². The molecule has 1 aliphatic rings. The molecule has 3 aromatic rings. The molecule has 4 rings (SSSR count). The summed E-state index contributed by atoms with van der Waals surface area (Å²) >= 11 is 1.42. The molecule has 1 saturated heterocycles. The minimum atomic E-state index is -0.134. The van der Waals surface area contributed by atoms with Gasteiger partial charge in [0, 0.05) is 23.1 Å². The zero-order valence-corrected chi connectivity index (χ0v) is 17.6. The van der Waals surface area contributed by atoms with E-state index in [9.17, 15) is 4.79 Å². The van der Waals surface area contributed by atoms with Gasteiger partial charge in [0.25, 0.3) is 5.91 Å². The third-order valence-electron chi connectivity index (χ3n) is 5.15. The van der Waals surface area contributed by atoms with Crippen LogP contribution >= 0.6 is 11.3 Å². The topological polar surface area (TPSA) is 54.5 Å². The van der Waals surface area contributed by atoms with Crippen LogP contribution in [0.2, 0.25) is 0 Å². The lowest BCUT2D eigenvalue weighted by molar-refractivity contribution is 0.102. The van der Waals surface area contributed by atoms with Crippen LogP contribution in [-0.2, 0) is 6.54 Å². The monoisotopic (exact) mass is 407 g/mol. The Labute approximate surface area is 175 Å². The minimum Gasteiger partial charge on any atom is -0.496 e. The average molecular weight is 408 g/mol. The van der Waals surface area contributed by atoms with Crippen LogP contribution in [0, 0.1) is 6.92 Å². The fourth-order valence-electron chi connectivity index (χ4n) is 3.66. The maximum atomic E-state index is 12.7. The Kier molecular flexibility index (Phi) is 5.92. The van der Waals surface area contributed by atoms with E-state index >= 15 is 0 Å². The number of carbonyl (C=O) groups is 1. The van der Waals surface area contributed by atoms with Gasteiger partial charge in [0.05, 0.1) is 12.8 Å². The maximum absolute atomic E-state index is 12.7. The number of ether oxygens (including phenoxy) is 1. The van der Waals surface area contributed by atoms with E-state index in [1.54, 1.807) is 7.11 Å². The number of benzene rings is 2. The molecular weight excluding hydrogens is 382 g/mol. The molecule has 6 heteroatoms. The third-order valence-corrected chi connectivity index (χ3v) is 5.91. The Hall–Kier alpha value is -2.70. The predicted molar refractivity (Wildman–Crippen MR) is 118 cm³/mol. The van der Waals surface area contributed by atoms with E-state index < -0.39 is 0 Å². The molecule has 0 radical (unpaired) electrons. The number of aromatic nitrogens is 1. The molecular formula is C23H25N3O2S. The molecule has 0 atom stereocenters. The Morgan fingerprint density at radius 2 is 2.03 bits per heavy atom. The van der Waals surface area contributed by atoms with Crippen LogP contribution < -0.4 is 10.1 Å². The smallest absolute Gasteiger partial charge is 0.257 e. The van der Waals surface area contributed by atoms with Crippen LogP contribution in [0.15, 0.2) is 47.8 Å². The first-order chi connectivity index (χ1) is 14.1. The number of carbonyl (C=O) groups excluding carboxylic acids is 1. The Morgan fingerprint density at radius 3 is 2.83 bits per heavy atom. The standard InChI is InChI=1S/C23H25N3O2S/c1-16-8-9-21(28-2)19(12-16)20-15-29-23(24-20)25-22(27)18-7-5-6-17(13-18)14-26-10-3-4-11-26/h5-9,12-13,15H,3-4,10-11,14H2,1-2H3,(H,24,25,27). The maximum Gasteiger partial charge on any atom is 0.257 e. The molecule has 1 aliphatic heterocycles. The van der Waals surface area contributed by atoms with Gasteiger partial charge in [-0.25, -0.2) is 4.98 Å². The quantitative estimate of drug-likeness (QED) is 0.626. The summed E-state index contributed by atoms with van der Waals surface area (Å²) in [5.74, 6) is 0.638. The van der Waals surface area contributed by atoms with Gasteiger partial charge in [-0.2, -0.15) is 0 Å². The van der Waals surface area contributed by atoms with Gasteiger partial charge in [-0.15, -0.1) is 11.3 Å². The van der Waals surface area contributed by atoms with Crippen molar-refractivity contribution in [3.63, 3.8) is 0 Å². The summed E-state index contributed by atoms with van der Waals surface area (Å²) < 4.78 is 5.46. The molecule has 0 unspecified atom stereocenters. The molecule has 2 heterocycles. The molecule has 1 N–H and O–H groups in total. The number of amides is 1. The second-order valence-electron chi connectivity index (χ2n) is 7.38. The van der Waals surface area contributed by atoms with Crippen LogP contribution in [0.5, 0.6) is 5.75 Å². The van der Waals surface area contributed by atoms with Gasteiger partial charge in [0.1, 0.15) is 5.75 Å². The zero-order chi connectivity index (χ0) is 20.2. The molecule has 0 bridgehead atoms. The van der Waals surface area contributed by atoms with Crippen molar-refractivity contribution < 1.29 is 9.53 Å². The first kappa shape index (κ1) is 19.6. The highest BCUT2D eigenvalue weighted by molar-refractivity contribution is 7.14. The van der Waals surface area contributed by atoms with Crippen molar-refractivity contribution in [2.45, 2.75) is 26.3 Å². The summed E-state index contributed by atoms with van der Waals surface area (Å²) in [5.41, 5.74) is 4.69. The lowest BCUT2D eigenvalue weighted by atomic mass is 10.1. The number of nitrogens with zero attached hydrogens (tertiary/aromatic N) is 2. The molecule has 2 aromatic carbocycles. The van der Waals surface area contributed by atoms with E-state index in [1.807, 2.05) is 48.7 Å². The van der Waals surface area contributed by atoms with Crippen LogP contribution in [0.3, 0.4) is 0 Å². The Balaban J connectivity index is 1.48. The predicted octanol–water partition coefficient (Wildman–Crippen LogP) is 4.98. The Bertz CT molecular complexity index is 1010. The molecule has 1 fully saturated rings. The first-order valence-corrected chi connectivity index (χ1v) is 10.7. The van der Waals surface area contributed by atoms with Gasteiger partial charge in [-0.3, -0.25) is 15.0 Å². The fraction of sp³-hybridized carbons (Fsp3) is 0.304. The van der Waals surface area contributed by atoms with E-state index in [0.29, 0.717) is 10.7 Å². The number of thiazole rings is 1. The second-order valence-corrected chi connectivity index (χ2v) is 8.24. The van der Waals surface area contributed by atoms with Crippen molar-refractivity contribution >= 4 is 22.4 Å². The number of hydrogen-bond acceptors (Lipinski definition) is 5. The molecule has 1 amide bonds. The molecule has 0 spiro atoms. The minimum absolute atomic E-state index is 0.134. The lowest BCUT2D eigenvalue weighted by Crippen LogP contribution is -2.19. The molecule has 0 aliphatic carbocycles. The van der Waals surface area contributed by atoms with Gasteiger partial charge in [-0.05, 0) is 62.7 Å². The highest BCUT2D eigenvalue weighted by Crippen LogP contribution is 2.33. The van der Waals surface area contributed by atoms with Crippen LogP contribution in [-0.4, -0.2) is 36.0 Å². The second kappa shape index (κ2) is 8.76. The number of hydrogen-bond donors (Lipinski definition) is 1. The van der Waals surface area contributed by atoms with Crippen LogP contribution in [0.1, 0.15) is 34.3 Å². The fourth-order valence-corrected chi connectivity index (χ4v) is 4.36. The number of rotatable bonds is 6. The zero-order valence-electron chi connectivity index (χ0n) is 16.8. The van der Waals surface area contributed by atoms with Gasteiger partial charge in [0.15, 0.2) is 5.13 Å². The summed E-state index contributed by atoms with van der Waals surface area (Å²) in [7, 11) is 1.65. The van der Waals surface area contributed by atoms with Gasteiger partial charge >= 0.3 is 0 Å². The van der Waals surface area contributed by atoms with Crippen LogP contribution in [0.4, 0.5) is 5.13 Å². The van der Waals surface area contributed by atoms with Crippen molar-refractivity contribution in [2.75, 3.05) is 25.5 Å². The molecule has 29 heavy (non-hydrogen) atoms. The number of aryl methyl sites for hydroxylation is 1. The summed E-state index contributed by atoms with van der Waals surface area (Å²) in [6.45, 7) is 5.21. The largest absolute Gasteiger partial charge is 0.496 e. The van der Waals surface area contributed by atoms with Crippen molar-refractivity contribution in [2.24, 2.45) is 0 Å². The molecule has 0 saturated carbocycles. The number of anilines is 1. The molecule has 5 nitrogen and oxygen atoms in total. The van der Waals surface area contributed by atoms with Gasteiger partial charge < -0.3 is 4.74 Å². The third kappa shape index (κ3) is 4.66. The summed E-state index contributed by atoms with van der Waals surface area (Å²) in [6, 6.07) is 13.8. The van der Waals surface area contributed by atoms with Crippen molar-refractivity contribution in [1.82, 2.24) is 9.88 Å². The SMILES string of the molecule is COc1ccc(C)cc1-c1csc(NC(=O)c2cccc(CN3CCCC3)c2)n1. The Morgan fingerprint density at radius 1 is 1.21 bits per heavy atom. The highest BCUT2D eigenvalue weighted by atomic mass is 32.1. The van der Waals surface area contributed by atoms with E-state index in [2.05, 4.69) is 21.3 Å². The first-order valence-electron chi connectivity index (χ1n) is 9.85. The average Bonchev–Trinajstić information content (AvgIpc) is 3.40. The molecule has 1 aromatic heterocycles. The van der Waals surface area contributed by atoms with Crippen molar-refractivity contribution in [3.05, 3.63) is 64.5 Å².